The minimum absolute atomic E-state index is 0.525. The van der Waals surface area contributed by atoms with E-state index in [1.807, 2.05) is 0 Å². The number of hydrogen-bond acceptors (Lipinski definition) is 3. The molecule has 0 aromatic carbocycles. The molecular weight excluding hydrogens is 152 g/mol. The molecule has 1 aliphatic rings. The number of nitrogens with zero attached hydrogens (tertiary/aromatic N) is 2. The summed E-state index contributed by atoms with van der Waals surface area (Å²) in [5, 5.41) is 8.37. The third-order valence-corrected chi connectivity index (χ3v) is 2.24. The van der Waals surface area contributed by atoms with Crippen LogP contribution in [-0.2, 0) is 4.74 Å². The van der Waals surface area contributed by atoms with E-state index < -0.39 is 0 Å². The first kappa shape index (κ1) is 9.50. The Morgan fingerprint density at radius 1 is 1.67 bits per heavy atom. The topological polar surface area (TPSA) is 36.3 Å². The van der Waals surface area contributed by atoms with Crippen LogP contribution in [0.1, 0.15) is 19.8 Å². The normalized spacial score (nSPS) is 25.2. The Balaban J connectivity index is 2.16. The highest BCUT2D eigenvalue weighted by atomic mass is 16.5. The summed E-state index contributed by atoms with van der Waals surface area (Å²) in [4.78, 5) is 2.39. The molecule has 0 bridgehead atoms. The van der Waals surface area contributed by atoms with Crippen molar-refractivity contribution < 1.29 is 4.74 Å². The molecule has 68 valence electrons. The van der Waals surface area contributed by atoms with Crippen LogP contribution in [0.4, 0.5) is 0 Å². The van der Waals surface area contributed by atoms with Gasteiger partial charge in [-0.25, -0.2) is 0 Å². The Labute approximate surface area is 73.9 Å². The van der Waals surface area contributed by atoms with Gasteiger partial charge < -0.3 is 4.74 Å². The fourth-order valence-corrected chi connectivity index (χ4v) is 1.45. The van der Waals surface area contributed by atoms with Crippen molar-refractivity contribution in [2.75, 3.05) is 26.3 Å². The molecule has 0 amide bonds. The lowest BCUT2D eigenvalue weighted by Crippen LogP contribution is -2.43. The van der Waals surface area contributed by atoms with Crippen molar-refractivity contribution in [2.45, 2.75) is 25.8 Å². The van der Waals surface area contributed by atoms with Gasteiger partial charge in [-0.1, -0.05) is 0 Å². The standard InChI is InChI=1S/C9H16N2O/c1-9-8-12-7-6-11(9)5-3-2-4-10/h9H,2-3,5-8H2,1H3/t9-/m1/s1. The van der Waals surface area contributed by atoms with Gasteiger partial charge in [0.1, 0.15) is 0 Å². The zero-order chi connectivity index (χ0) is 8.81. The van der Waals surface area contributed by atoms with E-state index in [-0.39, 0.29) is 0 Å². The van der Waals surface area contributed by atoms with Gasteiger partial charge in [0.15, 0.2) is 0 Å². The molecule has 0 aliphatic carbocycles. The second-order valence-electron chi connectivity index (χ2n) is 3.22. The quantitative estimate of drug-likeness (QED) is 0.590. The molecule has 3 nitrogen and oxygen atoms in total. The van der Waals surface area contributed by atoms with Crippen LogP contribution >= 0.6 is 0 Å². The summed E-state index contributed by atoms with van der Waals surface area (Å²) >= 11 is 0. The maximum atomic E-state index is 8.37. The van der Waals surface area contributed by atoms with Gasteiger partial charge in [-0.2, -0.15) is 5.26 Å². The van der Waals surface area contributed by atoms with Crippen LogP contribution in [-0.4, -0.2) is 37.2 Å². The van der Waals surface area contributed by atoms with Gasteiger partial charge in [0.25, 0.3) is 0 Å². The van der Waals surface area contributed by atoms with Crippen molar-refractivity contribution in [3.8, 4) is 6.07 Å². The highest BCUT2D eigenvalue weighted by Crippen LogP contribution is 2.06. The molecule has 0 unspecified atom stereocenters. The molecule has 0 aromatic heterocycles. The molecule has 1 heterocycles. The first-order valence-corrected chi connectivity index (χ1v) is 4.53. The second kappa shape index (κ2) is 5.13. The Morgan fingerprint density at radius 2 is 2.50 bits per heavy atom. The first-order chi connectivity index (χ1) is 5.84. The predicted molar refractivity (Wildman–Crippen MR) is 46.7 cm³/mol. The number of hydrogen-bond donors (Lipinski definition) is 0. The molecule has 1 saturated heterocycles. The Bertz CT molecular complexity index is 164. The van der Waals surface area contributed by atoms with Crippen LogP contribution in [0, 0.1) is 11.3 Å². The fraction of sp³-hybridized carbons (Fsp3) is 0.889. The molecule has 1 rings (SSSR count). The molecule has 0 N–H and O–H groups in total. The van der Waals surface area contributed by atoms with Gasteiger partial charge in [-0.15, -0.1) is 0 Å². The zero-order valence-corrected chi connectivity index (χ0v) is 7.62. The second-order valence-corrected chi connectivity index (χ2v) is 3.22. The minimum Gasteiger partial charge on any atom is -0.379 e. The van der Waals surface area contributed by atoms with Gasteiger partial charge in [0, 0.05) is 19.0 Å². The van der Waals surface area contributed by atoms with Crippen molar-refractivity contribution in [1.29, 1.82) is 5.26 Å². The van der Waals surface area contributed by atoms with E-state index in [0.29, 0.717) is 12.5 Å². The van der Waals surface area contributed by atoms with E-state index in [0.717, 1.165) is 32.7 Å². The Kier molecular flexibility index (Phi) is 4.06. The van der Waals surface area contributed by atoms with Gasteiger partial charge in [-0.3, -0.25) is 4.90 Å². The van der Waals surface area contributed by atoms with Gasteiger partial charge >= 0.3 is 0 Å². The van der Waals surface area contributed by atoms with E-state index in [9.17, 15) is 0 Å². The third kappa shape index (κ3) is 2.80. The summed E-state index contributed by atoms with van der Waals surface area (Å²) in [7, 11) is 0. The molecule has 0 saturated carbocycles. The average molecular weight is 168 g/mol. The molecule has 0 radical (unpaired) electrons. The highest BCUT2D eigenvalue weighted by molar-refractivity contribution is 4.74. The molecule has 3 heteroatoms. The van der Waals surface area contributed by atoms with Crippen LogP contribution in [0.15, 0.2) is 0 Å². The molecule has 0 aromatic rings. The number of ether oxygens (including phenoxy) is 1. The summed E-state index contributed by atoms with van der Waals surface area (Å²) in [5.74, 6) is 0. The summed E-state index contributed by atoms with van der Waals surface area (Å²) in [6.07, 6.45) is 1.66. The largest absolute Gasteiger partial charge is 0.379 e. The van der Waals surface area contributed by atoms with Crippen molar-refractivity contribution in [3.63, 3.8) is 0 Å². The maximum absolute atomic E-state index is 8.37. The van der Waals surface area contributed by atoms with Crippen molar-refractivity contribution in [2.24, 2.45) is 0 Å². The van der Waals surface area contributed by atoms with Crippen LogP contribution < -0.4 is 0 Å². The maximum Gasteiger partial charge on any atom is 0.0622 e. The molecule has 1 atom stereocenters. The molecular formula is C9H16N2O. The summed E-state index contributed by atoms with van der Waals surface area (Å²) in [6, 6.07) is 2.69. The zero-order valence-electron chi connectivity index (χ0n) is 7.62. The summed E-state index contributed by atoms with van der Waals surface area (Å²) in [6.45, 7) is 5.92. The van der Waals surface area contributed by atoms with Gasteiger partial charge in [0.05, 0.1) is 19.3 Å². The SMILES string of the molecule is C[C@@H]1COCCN1CCCC#N. The monoisotopic (exact) mass is 168 g/mol. The highest BCUT2D eigenvalue weighted by Gasteiger charge is 2.17. The van der Waals surface area contributed by atoms with Crippen LogP contribution in [0.25, 0.3) is 0 Å². The van der Waals surface area contributed by atoms with Crippen molar-refractivity contribution in [1.82, 2.24) is 4.90 Å². The lowest BCUT2D eigenvalue weighted by molar-refractivity contribution is -0.000482. The van der Waals surface area contributed by atoms with Crippen molar-refractivity contribution >= 4 is 0 Å². The summed E-state index contributed by atoms with van der Waals surface area (Å²) < 4.78 is 5.31. The number of rotatable bonds is 3. The Morgan fingerprint density at radius 3 is 3.17 bits per heavy atom. The lowest BCUT2D eigenvalue weighted by Gasteiger charge is -2.32. The predicted octanol–water partition coefficient (Wildman–Crippen LogP) is 1.01. The lowest BCUT2D eigenvalue weighted by atomic mass is 10.2. The average Bonchev–Trinajstić information content (AvgIpc) is 2.09. The van der Waals surface area contributed by atoms with E-state index in [1.165, 1.54) is 0 Å². The van der Waals surface area contributed by atoms with E-state index in [1.54, 1.807) is 0 Å². The van der Waals surface area contributed by atoms with E-state index in [2.05, 4.69) is 17.9 Å². The number of morpholine rings is 1. The van der Waals surface area contributed by atoms with Crippen LogP contribution in [0.5, 0.6) is 0 Å². The molecule has 0 spiro atoms. The van der Waals surface area contributed by atoms with Crippen LogP contribution in [0.2, 0.25) is 0 Å². The fourth-order valence-electron chi connectivity index (χ4n) is 1.45. The van der Waals surface area contributed by atoms with Gasteiger partial charge in [-0.05, 0) is 19.9 Å². The first-order valence-electron chi connectivity index (χ1n) is 4.53. The van der Waals surface area contributed by atoms with Crippen LogP contribution in [0.3, 0.4) is 0 Å². The van der Waals surface area contributed by atoms with Crippen molar-refractivity contribution in [3.05, 3.63) is 0 Å². The Hall–Kier alpha value is -0.590. The minimum atomic E-state index is 0.525. The van der Waals surface area contributed by atoms with E-state index in [4.69, 9.17) is 10.00 Å². The molecule has 1 fully saturated rings. The molecule has 12 heavy (non-hydrogen) atoms. The third-order valence-electron chi connectivity index (χ3n) is 2.24. The summed E-state index contributed by atoms with van der Waals surface area (Å²) in [5.41, 5.74) is 0. The number of nitriles is 1. The van der Waals surface area contributed by atoms with Gasteiger partial charge in [0.2, 0.25) is 0 Å². The molecule has 1 aliphatic heterocycles. The smallest absolute Gasteiger partial charge is 0.0622 e. The number of unbranched alkanes of at least 4 members (excludes halogenated alkanes) is 1. The van der Waals surface area contributed by atoms with E-state index >= 15 is 0 Å².